The van der Waals surface area contributed by atoms with Crippen molar-refractivity contribution in [1.29, 1.82) is 0 Å². The van der Waals surface area contributed by atoms with E-state index in [9.17, 15) is 9.59 Å². The first-order chi connectivity index (χ1) is 12.2. The summed E-state index contributed by atoms with van der Waals surface area (Å²) in [5.74, 6) is -0.425. The molecule has 2 aromatic heterocycles. The number of hydrogen-bond acceptors (Lipinski definition) is 4. The Balaban J connectivity index is 1.47. The molecule has 2 N–H and O–H groups in total. The number of nitrogens with one attached hydrogen (secondary N) is 2. The molecule has 1 aromatic carbocycles. The van der Waals surface area contributed by atoms with E-state index in [-0.39, 0.29) is 24.8 Å². The number of nitrogens with zero attached hydrogens (tertiary/aromatic N) is 2. The predicted octanol–water partition coefficient (Wildman–Crippen LogP) is 2.28. The molecule has 0 aliphatic carbocycles. The Labute approximate surface area is 144 Å². The van der Waals surface area contributed by atoms with Crippen LogP contribution in [0.25, 0.3) is 0 Å². The van der Waals surface area contributed by atoms with Crippen molar-refractivity contribution in [3.8, 4) is 0 Å². The highest BCUT2D eigenvalue weighted by molar-refractivity contribution is 5.95. The van der Waals surface area contributed by atoms with Crippen LogP contribution < -0.4 is 10.6 Å². The first-order valence-corrected chi connectivity index (χ1v) is 7.87. The van der Waals surface area contributed by atoms with Crippen LogP contribution in [0.4, 0.5) is 5.69 Å². The molecule has 0 aliphatic rings. The average Bonchev–Trinajstić information content (AvgIpc) is 3.28. The SMILES string of the molecule is O=C(CCNC(=O)c1ccoc1)Nc1cccc(Cn2cccn2)c1. The van der Waals surface area contributed by atoms with E-state index in [2.05, 4.69) is 15.7 Å². The Morgan fingerprint density at radius 2 is 2.12 bits per heavy atom. The smallest absolute Gasteiger partial charge is 0.254 e. The van der Waals surface area contributed by atoms with Crippen molar-refractivity contribution in [3.63, 3.8) is 0 Å². The summed E-state index contributed by atoms with van der Waals surface area (Å²) < 4.78 is 6.66. The van der Waals surface area contributed by atoms with Crippen molar-refractivity contribution in [2.24, 2.45) is 0 Å². The molecule has 0 spiro atoms. The molecule has 128 valence electrons. The van der Waals surface area contributed by atoms with E-state index in [0.29, 0.717) is 12.1 Å². The first kappa shape index (κ1) is 16.5. The molecule has 0 fully saturated rings. The number of aromatic nitrogens is 2. The third-order valence-electron chi connectivity index (χ3n) is 3.54. The summed E-state index contributed by atoms with van der Waals surface area (Å²) in [5.41, 5.74) is 2.19. The van der Waals surface area contributed by atoms with Crippen LogP contribution in [0.3, 0.4) is 0 Å². The second-order valence-corrected chi connectivity index (χ2v) is 5.47. The minimum Gasteiger partial charge on any atom is -0.472 e. The molecular formula is C18H18N4O3. The zero-order chi connectivity index (χ0) is 17.5. The van der Waals surface area contributed by atoms with Crippen LogP contribution in [0.1, 0.15) is 22.3 Å². The Morgan fingerprint density at radius 1 is 1.20 bits per heavy atom. The van der Waals surface area contributed by atoms with E-state index >= 15 is 0 Å². The Hall–Kier alpha value is -3.35. The minimum absolute atomic E-state index is 0.163. The van der Waals surface area contributed by atoms with Gasteiger partial charge in [0.15, 0.2) is 0 Å². The van der Waals surface area contributed by atoms with Crippen molar-refractivity contribution in [1.82, 2.24) is 15.1 Å². The lowest BCUT2D eigenvalue weighted by atomic mass is 10.2. The van der Waals surface area contributed by atoms with Gasteiger partial charge in [-0.05, 0) is 29.8 Å². The van der Waals surface area contributed by atoms with Gasteiger partial charge in [0, 0.05) is 31.0 Å². The van der Waals surface area contributed by atoms with Crippen LogP contribution >= 0.6 is 0 Å². The fraction of sp³-hybridized carbons (Fsp3) is 0.167. The fourth-order valence-electron chi connectivity index (χ4n) is 2.34. The fourth-order valence-corrected chi connectivity index (χ4v) is 2.34. The molecule has 25 heavy (non-hydrogen) atoms. The maximum Gasteiger partial charge on any atom is 0.254 e. The maximum absolute atomic E-state index is 12.0. The van der Waals surface area contributed by atoms with Gasteiger partial charge in [-0.15, -0.1) is 0 Å². The lowest BCUT2D eigenvalue weighted by molar-refractivity contribution is -0.116. The van der Waals surface area contributed by atoms with Crippen LogP contribution in [-0.2, 0) is 11.3 Å². The number of rotatable bonds is 7. The summed E-state index contributed by atoms with van der Waals surface area (Å²) in [6.45, 7) is 0.889. The molecule has 2 amide bonds. The normalized spacial score (nSPS) is 10.4. The van der Waals surface area contributed by atoms with Gasteiger partial charge >= 0.3 is 0 Å². The van der Waals surface area contributed by atoms with Gasteiger partial charge in [0.05, 0.1) is 18.4 Å². The quantitative estimate of drug-likeness (QED) is 0.692. The van der Waals surface area contributed by atoms with E-state index in [1.807, 2.05) is 41.2 Å². The number of amides is 2. The van der Waals surface area contributed by atoms with Gasteiger partial charge in [0.2, 0.25) is 5.91 Å². The van der Waals surface area contributed by atoms with Crippen LogP contribution in [0, 0.1) is 0 Å². The van der Waals surface area contributed by atoms with Gasteiger partial charge < -0.3 is 15.1 Å². The predicted molar refractivity (Wildman–Crippen MR) is 92.1 cm³/mol. The highest BCUT2D eigenvalue weighted by Crippen LogP contribution is 2.12. The lowest BCUT2D eigenvalue weighted by Crippen LogP contribution is -2.27. The second-order valence-electron chi connectivity index (χ2n) is 5.47. The van der Waals surface area contributed by atoms with Gasteiger partial charge in [-0.25, -0.2) is 0 Å². The van der Waals surface area contributed by atoms with E-state index in [0.717, 1.165) is 11.3 Å². The second kappa shape index (κ2) is 7.96. The number of hydrogen-bond donors (Lipinski definition) is 2. The van der Waals surface area contributed by atoms with E-state index in [4.69, 9.17) is 4.42 Å². The Kier molecular flexibility index (Phi) is 5.26. The molecule has 0 radical (unpaired) electrons. The molecule has 7 heteroatoms. The van der Waals surface area contributed by atoms with Crippen molar-refractivity contribution in [2.75, 3.05) is 11.9 Å². The third kappa shape index (κ3) is 4.81. The van der Waals surface area contributed by atoms with Crippen molar-refractivity contribution in [3.05, 3.63) is 72.4 Å². The number of carbonyl (C=O) groups is 2. The van der Waals surface area contributed by atoms with Gasteiger partial charge in [-0.2, -0.15) is 5.10 Å². The number of anilines is 1. The molecule has 0 aliphatic heterocycles. The zero-order valence-electron chi connectivity index (χ0n) is 13.5. The molecule has 0 atom stereocenters. The van der Waals surface area contributed by atoms with Crippen LogP contribution in [0.5, 0.6) is 0 Å². The molecule has 0 unspecified atom stereocenters. The molecule has 0 saturated carbocycles. The molecular weight excluding hydrogens is 320 g/mol. The molecule has 3 aromatic rings. The maximum atomic E-state index is 12.0. The van der Waals surface area contributed by atoms with Crippen molar-refractivity contribution < 1.29 is 14.0 Å². The topological polar surface area (TPSA) is 89.2 Å². The largest absolute Gasteiger partial charge is 0.472 e. The number of carbonyl (C=O) groups excluding carboxylic acids is 2. The Bertz CT molecular complexity index is 826. The Morgan fingerprint density at radius 3 is 2.88 bits per heavy atom. The van der Waals surface area contributed by atoms with Crippen molar-refractivity contribution in [2.45, 2.75) is 13.0 Å². The summed E-state index contributed by atoms with van der Waals surface area (Å²) in [6, 6.07) is 11.0. The number of benzene rings is 1. The van der Waals surface area contributed by atoms with E-state index < -0.39 is 0 Å². The molecule has 2 heterocycles. The van der Waals surface area contributed by atoms with Gasteiger partial charge in [0.25, 0.3) is 5.91 Å². The molecule has 7 nitrogen and oxygen atoms in total. The summed E-state index contributed by atoms with van der Waals surface area (Å²) >= 11 is 0. The first-order valence-electron chi connectivity index (χ1n) is 7.87. The standard InChI is InChI=1S/C18H18N4O3/c23-17(5-8-19-18(24)15-6-10-25-13-15)21-16-4-1-3-14(11-16)12-22-9-2-7-20-22/h1-4,6-7,9-11,13H,5,8,12H2,(H,19,24)(H,21,23). The molecule has 0 bridgehead atoms. The van der Waals surface area contributed by atoms with E-state index in [1.165, 1.54) is 12.5 Å². The summed E-state index contributed by atoms with van der Waals surface area (Å²) in [4.78, 5) is 23.7. The van der Waals surface area contributed by atoms with Crippen LogP contribution in [0.2, 0.25) is 0 Å². The van der Waals surface area contributed by atoms with Gasteiger partial charge in [-0.3, -0.25) is 14.3 Å². The molecule has 3 rings (SSSR count). The highest BCUT2D eigenvalue weighted by atomic mass is 16.3. The lowest BCUT2D eigenvalue weighted by Gasteiger charge is -2.08. The van der Waals surface area contributed by atoms with Gasteiger partial charge in [0.1, 0.15) is 6.26 Å². The summed E-state index contributed by atoms with van der Waals surface area (Å²) in [5, 5.41) is 9.67. The number of furan rings is 1. The zero-order valence-corrected chi connectivity index (χ0v) is 13.5. The molecule has 0 saturated heterocycles. The average molecular weight is 338 g/mol. The third-order valence-corrected chi connectivity index (χ3v) is 3.54. The monoisotopic (exact) mass is 338 g/mol. The van der Waals surface area contributed by atoms with Crippen LogP contribution in [0.15, 0.2) is 65.7 Å². The highest BCUT2D eigenvalue weighted by Gasteiger charge is 2.08. The summed E-state index contributed by atoms with van der Waals surface area (Å²) in [6.07, 6.45) is 6.59. The van der Waals surface area contributed by atoms with Crippen LogP contribution in [-0.4, -0.2) is 28.1 Å². The van der Waals surface area contributed by atoms with E-state index in [1.54, 1.807) is 12.3 Å². The van der Waals surface area contributed by atoms with Gasteiger partial charge in [-0.1, -0.05) is 12.1 Å². The minimum atomic E-state index is -0.261. The summed E-state index contributed by atoms with van der Waals surface area (Å²) in [7, 11) is 0. The van der Waals surface area contributed by atoms with Crippen molar-refractivity contribution >= 4 is 17.5 Å².